The van der Waals surface area contributed by atoms with Crippen LogP contribution in [0.1, 0.15) is 39.0 Å². The zero-order valence-electron chi connectivity index (χ0n) is 15.7. The molecule has 2 fully saturated rings. The first-order valence-electron chi connectivity index (χ1n) is 9.98. The molecule has 1 aromatic carbocycles. The van der Waals surface area contributed by atoms with Gasteiger partial charge in [0, 0.05) is 43.8 Å². The summed E-state index contributed by atoms with van der Waals surface area (Å²) < 4.78 is 0. The number of benzene rings is 1. The molecule has 0 unspecified atom stereocenters. The summed E-state index contributed by atoms with van der Waals surface area (Å²) in [6.07, 6.45) is 8.27. The Morgan fingerprint density at radius 2 is 1.62 bits per heavy atom. The fourth-order valence-corrected chi connectivity index (χ4v) is 3.83. The van der Waals surface area contributed by atoms with Crippen LogP contribution in [0.5, 0.6) is 0 Å². The second-order valence-corrected chi connectivity index (χ2v) is 7.63. The Hall–Kier alpha value is -2.30. The third-order valence-electron chi connectivity index (χ3n) is 5.57. The molecular formula is C21H29N5. The SMILES string of the molecule is CC1CCN(c2nccc(Nc3ccc(N4CCCCC4)cc3)n2)CC1. The maximum absolute atomic E-state index is 4.72. The van der Waals surface area contributed by atoms with Crippen LogP contribution in [-0.4, -0.2) is 36.1 Å². The summed E-state index contributed by atoms with van der Waals surface area (Å²) in [5.41, 5.74) is 2.39. The van der Waals surface area contributed by atoms with Gasteiger partial charge in [-0.1, -0.05) is 6.92 Å². The van der Waals surface area contributed by atoms with Gasteiger partial charge in [0.2, 0.25) is 5.95 Å². The first-order chi connectivity index (χ1) is 12.8. The number of piperidine rings is 2. The van der Waals surface area contributed by atoms with Crippen molar-refractivity contribution in [1.29, 1.82) is 0 Å². The van der Waals surface area contributed by atoms with Crippen LogP contribution in [-0.2, 0) is 0 Å². The van der Waals surface area contributed by atoms with Crippen LogP contribution in [0.4, 0.5) is 23.1 Å². The molecule has 0 bridgehead atoms. The fraction of sp³-hybridized carbons (Fsp3) is 0.524. The van der Waals surface area contributed by atoms with E-state index in [-0.39, 0.29) is 0 Å². The van der Waals surface area contributed by atoms with Gasteiger partial charge in [0.1, 0.15) is 5.82 Å². The Bertz CT molecular complexity index is 701. The lowest BCUT2D eigenvalue weighted by Gasteiger charge is -2.30. The molecule has 138 valence electrons. The van der Waals surface area contributed by atoms with Crippen molar-refractivity contribution in [2.75, 3.05) is 41.3 Å². The molecule has 26 heavy (non-hydrogen) atoms. The van der Waals surface area contributed by atoms with Crippen LogP contribution < -0.4 is 15.1 Å². The molecule has 0 spiro atoms. The molecule has 2 aliphatic heterocycles. The lowest BCUT2D eigenvalue weighted by molar-refractivity contribution is 0.434. The molecule has 1 aromatic heterocycles. The zero-order chi connectivity index (χ0) is 17.8. The molecule has 4 rings (SSSR count). The van der Waals surface area contributed by atoms with Gasteiger partial charge in [-0.2, -0.15) is 4.98 Å². The Labute approximate surface area is 156 Å². The number of hydrogen-bond acceptors (Lipinski definition) is 5. The van der Waals surface area contributed by atoms with Crippen molar-refractivity contribution in [3.8, 4) is 0 Å². The summed E-state index contributed by atoms with van der Waals surface area (Å²) in [5.74, 6) is 2.51. The van der Waals surface area contributed by atoms with Gasteiger partial charge in [-0.3, -0.25) is 0 Å². The van der Waals surface area contributed by atoms with Gasteiger partial charge in [0.15, 0.2) is 0 Å². The third kappa shape index (κ3) is 4.09. The van der Waals surface area contributed by atoms with Crippen molar-refractivity contribution in [2.24, 2.45) is 5.92 Å². The quantitative estimate of drug-likeness (QED) is 0.882. The lowest BCUT2D eigenvalue weighted by Crippen LogP contribution is -2.34. The van der Waals surface area contributed by atoms with Crippen molar-refractivity contribution in [1.82, 2.24) is 9.97 Å². The Morgan fingerprint density at radius 1 is 0.885 bits per heavy atom. The summed E-state index contributed by atoms with van der Waals surface area (Å²) in [4.78, 5) is 14.0. The summed E-state index contributed by atoms with van der Waals surface area (Å²) in [6, 6.07) is 10.7. The normalized spacial score (nSPS) is 18.8. The second-order valence-electron chi connectivity index (χ2n) is 7.63. The average molecular weight is 351 g/mol. The summed E-state index contributed by atoms with van der Waals surface area (Å²) in [6.45, 7) is 6.78. The van der Waals surface area contributed by atoms with Crippen molar-refractivity contribution in [2.45, 2.75) is 39.0 Å². The van der Waals surface area contributed by atoms with E-state index < -0.39 is 0 Å². The van der Waals surface area contributed by atoms with Crippen molar-refractivity contribution in [3.05, 3.63) is 36.5 Å². The van der Waals surface area contributed by atoms with E-state index in [2.05, 4.69) is 51.3 Å². The fourth-order valence-electron chi connectivity index (χ4n) is 3.83. The molecular weight excluding hydrogens is 322 g/mol. The highest BCUT2D eigenvalue weighted by Gasteiger charge is 2.18. The molecule has 5 heteroatoms. The number of rotatable bonds is 4. The molecule has 2 aliphatic rings. The highest BCUT2D eigenvalue weighted by molar-refractivity contribution is 5.61. The molecule has 0 atom stereocenters. The van der Waals surface area contributed by atoms with Crippen molar-refractivity contribution >= 4 is 23.1 Å². The zero-order valence-corrected chi connectivity index (χ0v) is 15.7. The molecule has 3 heterocycles. The highest BCUT2D eigenvalue weighted by Crippen LogP contribution is 2.24. The standard InChI is InChI=1S/C21H29N5/c1-17-10-15-26(16-11-17)21-22-12-9-20(24-21)23-18-5-7-19(8-6-18)25-13-3-2-4-14-25/h5-9,12,17H,2-4,10-11,13-16H2,1H3,(H,22,23,24). The minimum Gasteiger partial charge on any atom is -0.372 e. The number of aromatic nitrogens is 2. The van der Waals surface area contributed by atoms with Crippen LogP contribution >= 0.6 is 0 Å². The van der Waals surface area contributed by atoms with E-state index in [4.69, 9.17) is 4.98 Å². The lowest BCUT2D eigenvalue weighted by atomic mass is 10.00. The Balaban J connectivity index is 1.41. The molecule has 1 N–H and O–H groups in total. The van der Waals surface area contributed by atoms with Crippen molar-refractivity contribution < 1.29 is 0 Å². The first-order valence-corrected chi connectivity index (χ1v) is 9.98. The van der Waals surface area contributed by atoms with E-state index in [9.17, 15) is 0 Å². The van der Waals surface area contributed by atoms with E-state index in [1.54, 1.807) is 0 Å². The number of nitrogens with zero attached hydrogens (tertiary/aromatic N) is 4. The average Bonchev–Trinajstić information content (AvgIpc) is 2.70. The van der Waals surface area contributed by atoms with Gasteiger partial charge >= 0.3 is 0 Å². The predicted octanol–water partition coefficient (Wildman–Crippen LogP) is 4.45. The van der Waals surface area contributed by atoms with Crippen LogP contribution in [0.2, 0.25) is 0 Å². The summed E-state index contributed by atoms with van der Waals surface area (Å²) in [7, 11) is 0. The van der Waals surface area contributed by atoms with E-state index in [1.165, 1.54) is 50.9 Å². The topological polar surface area (TPSA) is 44.3 Å². The van der Waals surface area contributed by atoms with E-state index in [0.717, 1.165) is 36.5 Å². The maximum atomic E-state index is 4.72. The van der Waals surface area contributed by atoms with Gasteiger partial charge in [0.25, 0.3) is 0 Å². The van der Waals surface area contributed by atoms with Crippen molar-refractivity contribution in [3.63, 3.8) is 0 Å². The smallest absolute Gasteiger partial charge is 0.227 e. The van der Waals surface area contributed by atoms with Gasteiger partial charge in [-0.25, -0.2) is 4.98 Å². The summed E-state index contributed by atoms with van der Waals surface area (Å²) in [5, 5.41) is 3.43. The minimum absolute atomic E-state index is 0.811. The predicted molar refractivity (Wildman–Crippen MR) is 108 cm³/mol. The number of nitrogens with one attached hydrogen (secondary N) is 1. The number of anilines is 4. The first kappa shape index (κ1) is 17.1. The Kier molecular flexibility index (Phi) is 5.23. The van der Waals surface area contributed by atoms with Crippen LogP contribution in [0.3, 0.4) is 0 Å². The molecule has 0 saturated carbocycles. The van der Waals surface area contributed by atoms with Crippen LogP contribution in [0.15, 0.2) is 36.5 Å². The van der Waals surface area contributed by atoms with E-state index in [0.29, 0.717) is 0 Å². The van der Waals surface area contributed by atoms with E-state index in [1.807, 2.05) is 12.3 Å². The van der Waals surface area contributed by atoms with Crippen LogP contribution in [0, 0.1) is 5.92 Å². The number of hydrogen-bond donors (Lipinski definition) is 1. The summed E-state index contributed by atoms with van der Waals surface area (Å²) >= 11 is 0. The molecule has 2 aromatic rings. The van der Waals surface area contributed by atoms with Gasteiger partial charge in [0.05, 0.1) is 0 Å². The second kappa shape index (κ2) is 7.94. The largest absolute Gasteiger partial charge is 0.372 e. The minimum atomic E-state index is 0.811. The molecule has 0 amide bonds. The maximum Gasteiger partial charge on any atom is 0.227 e. The highest BCUT2D eigenvalue weighted by atomic mass is 15.3. The van der Waals surface area contributed by atoms with Gasteiger partial charge in [-0.05, 0) is 68.4 Å². The molecule has 2 saturated heterocycles. The van der Waals surface area contributed by atoms with Gasteiger partial charge < -0.3 is 15.1 Å². The monoisotopic (exact) mass is 351 g/mol. The van der Waals surface area contributed by atoms with E-state index >= 15 is 0 Å². The molecule has 0 radical (unpaired) electrons. The molecule has 5 nitrogen and oxygen atoms in total. The van der Waals surface area contributed by atoms with Gasteiger partial charge in [-0.15, -0.1) is 0 Å². The van der Waals surface area contributed by atoms with Crippen LogP contribution in [0.25, 0.3) is 0 Å². The molecule has 0 aliphatic carbocycles. The Morgan fingerprint density at radius 3 is 2.35 bits per heavy atom. The third-order valence-corrected chi connectivity index (χ3v) is 5.57.